The molecule has 12 heterocycles. The van der Waals surface area contributed by atoms with Gasteiger partial charge in [-0.15, -0.1) is 6.42 Å². The minimum absolute atomic E-state index is 0.545. The lowest BCUT2D eigenvalue weighted by molar-refractivity contribution is 0.399. The van der Waals surface area contributed by atoms with Crippen molar-refractivity contribution in [2.24, 2.45) is 5.73 Å². The Bertz CT molecular complexity index is 5700. The Kier molecular flexibility index (Phi) is 29.8. The minimum Gasteiger partial charge on any atom is -0.400 e. The van der Waals surface area contributed by atoms with Gasteiger partial charge < -0.3 is 46.8 Å². The number of H-pyrrole nitrogens is 4. The summed E-state index contributed by atoms with van der Waals surface area (Å²) in [5.74, 6) is 10.9. The number of fused-ring (bicyclic) bond motifs is 4. The molecular weight excluding hydrogens is 1360 g/mol. The molecule has 0 saturated carbocycles. The maximum atomic E-state index is 9.55. The number of nitrogens with zero attached hydrogens (tertiary/aromatic N) is 10. The quantitative estimate of drug-likeness (QED) is 0.0394. The van der Waals surface area contributed by atoms with Crippen molar-refractivity contribution in [3.8, 4) is 42.1 Å². The normalized spacial score (nSPS) is 10.4. The number of hydrogen-bond acceptors (Lipinski definition) is 13. The Morgan fingerprint density at radius 3 is 1.15 bits per heavy atom. The molecular formula is C92H97N17O. The molecule has 3 aromatic carbocycles. The van der Waals surface area contributed by atoms with Gasteiger partial charge in [0, 0.05) is 105 Å². The second-order valence-corrected chi connectivity index (χ2v) is 26.2. The van der Waals surface area contributed by atoms with Crippen molar-refractivity contribution in [2.75, 3.05) is 18.6 Å². The Morgan fingerprint density at radius 2 is 0.718 bits per heavy atom. The van der Waals surface area contributed by atoms with Crippen LogP contribution in [0.3, 0.4) is 0 Å². The number of benzene rings is 3. The fourth-order valence-electron chi connectivity index (χ4n) is 12.8. The van der Waals surface area contributed by atoms with Gasteiger partial charge in [0.05, 0.1) is 23.3 Å². The van der Waals surface area contributed by atoms with Crippen LogP contribution in [0.1, 0.15) is 146 Å². The van der Waals surface area contributed by atoms with Crippen LogP contribution >= 0.6 is 0 Å². The average molecular weight is 1460 g/mol. The van der Waals surface area contributed by atoms with Crippen LogP contribution in [0, 0.1) is 81.5 Å². The van der Waals surface area contributed by atoms with Crippen molar-refractivity contribution < 1.29 is 5.11 Å². The van der Waals surface area contributed by atoms with E-state index in [1.165, 1.54) is 33.6 Å². The number of aliphatic hydroxyl groups excluding tert-OH is 1. The molecule has 0 saturated heterocycles. The van der Waals surface area contributed by atoms with Crippen LogP contribution in [0.15, 0.2) is 201 Å². The average Bonchev–Trinajstić information content (AvgIpc) is 1.26. The van der Waals surface area contributed by atoms with E-state index in [4.69, 9.17) is 38.7 Å². The zero-order valence-electron chi connectivity index (χ0n) is 64.6. The number of terminal acetylenes is 1. The molecule has 0 spiro atoms. The van der Waals surface area contributed by atoms with E-state index in [1.807, 2.05) is 151 Å². The maximum Gasteiger partial charge on any atom is 0.138 e. The zero-order valence-corrected chi connectivity index (χ0v) is 64.6. The highest BCUT2D eigenvalue weighted by molar-refractivity contribution is 5.78. The summed E-state index contributed by atoms with van der Waals surface area (Å²) in [7, 11) is 1.00. The summed E-state index contributed by atoms with van der Waals surface area (Å²) < 4.78 is 2.18. The lowest BCUT2D eigenvalue weighted by atomic mass is 9.98. The second kappa shape index (κ2) is 40.5. The van der Waals surface area contributed by atoms with Crippen LogP contribution in [0.25, 0.3) is 50.0 Å². The molecule has 0 aliphatic heterocycles. The maximum absolute atomic E-state index is 9.55. The van der Waals surface area contributed by atoms with Crippen molar-refractivity contribution >= 4 is 55.8 Å². The monoisotopic (exact) mass is 1460 g/mol. The molecule has 0 amide bonds. The standard InChI is InChI=1S/C30H25N5.C24H27N5.C24H23N5.C9H6N2.2C2H6.CH4O/c1-20-14-28(33-29(15-20)35-21(2)4-5-22(35)3)10-7-24-16-23(17-25(18-24)19-31)6-9-27-11-8-26-12-13-32-30(26)34-27;2*1-16-10-22(28-23(26)11-16)6-3-18-12-17(13-19(14-18)15-25)2-5-21-7-4-20-8-9-27-24(20)29-21;1-2-8-4-3-7-5-6-10-9(7)11-8;3*1-2/h4-5,8,11-18H,7,10H2,1-3H3,(H,32,34);4,7-14H,2-3,5-6,15,25H2,1H3,(H2,26,28)(H,27,29);4,7-14H,2-3,5-6H2,1H3,(H2,26,28)(H,27,29);1,3-6H,(H,10,11);2*1-2H3;2H,1H3. The lowest BCUT2D eigenvalue weighted by Gasteiger charge is -2.12. The van der Waals surface area contributed by atoms with Crippen molar-refractivity contribution in [3.05, 3.63) is 319 Å². The fourth-order valence-corrected chi connectivity index (χ4v) is 12.8. The summed E-state index contributed by atoms with van der Waals surface area (Å²) in [5.41, 5.74) is 42.8. The topological polar surface area (TPSA) is 304 Å². The molecule has 11 N–H and O–H groups in total. The number of anilines is 2. The van der Waals surface area contributed by atoms with Crippen LogP contribution in [0.4, 0.5) is 11.6 Å². The van der Waals surface area contributed by atoms with Gasteiger partial charge in [-0.1, -0.05) is 63.8 Å². The van der Waals surface area contributed by atoms with Gasteiger partial charge in [-0.25, -0.2) is 34.9 Å². The van der Waals surface area contributed by atoms with E-state index in [2.05, 4.69) is 191 Å². The first-order valence-electron chi connectivity index (χ1n) is 37.2. The van der Waals surface area contributed by atoms with Crippen LogP contribution in [0.2, 0.25) is 0 Å². The Labute approximate surface area is 645 Å². The highest BCUT2D eigenvalue weighted by atomic mass is 16.2. The van der Waals surface area contributed by atoms with E-state index in [0.29, 0.717) is 40.7 Å². The number of aryl methyl sites for hydroxylation is 15. The number of pyridine rings is 7. The molecule has 15 aromatic rings. The van der Waals surface area contributed by atoms with Crippen LogP contribution in [0.5, 0.6) is 0 Å². The predicted molar refractivity (Wildman–Crippen MR) is 447 cm³/mol. The zero-order chi connectivity index (χ0) is 78.5. The van der Waals surface area contributed by atoms with E-state index in [1.54, 1.807) is 0 Å². The van der Waals surface area contributed by atoms with Gasteiger partial charge >= 0.3 is 0 Å². The molecule has 0 unspecified atom stereocenters. The molecule has 110 heavy (non-hydrogen) atoms. The van der Waals surface area contributed by atoms with Gasteiger partial charge in [-0.05, 0) is 306 Å². The molecule has 0 atom stereocenters. The fraction of sp³-hybridized carbons (Fsp3) is 0.228. The van der Waals surface area contributed by atoms with Crippen LogP contribution in [-0.4, -0.2) is 71.6 Å². The first kappa shape index (κ1) is 80.9. The van der Waals surface area contributed by atoms with Crippen molar-refractivity contribution in [1.82, 2.24) is 59.4 Å². The van der Waals surface area contributed by atoms with Crippen LogP contribution < -0.4 is 17.2 Å². The van der Waals surface area contributed by atoms with Crippen molar-refractivity contribution in [1.29, 1.82) is 10.5 Å². The number of aliphatic hydroxyl groups is 1. The summed E-state index contributed by atoms with van der Waals surface area (Å²) in [6.45, 7) is 18.9. The summed E-state index contributed by atoms with van der Waals surface area (Å²) in [6, 6.07) is 63.7. The molecule has 0 aliphatic carbocycles. The number of aromatic nitrogens is 12. The van der Waals surface area contributed by atoms with E-state index >= 15 is 0 Å². The van der Waals surface area contributed by atoms with E-state index in [-0.39, 0.29) is 0 Å². The largest absolute Gasteiger partial charge is 0.400 e. The minimum atomic E-state index is 0.545. The Morgan fingerprint density at radius 1 is 0.364 bits per heavy atom. The third-order valence-corrected chi connectivity index (χ3v) is 17.8. The number of hydrogen-bond donors (Lipinski definition) is 8. The third-order valence-electron chi connectivity index (χ3n) is 17.8. The van der Waals surface area contributed by atoms with E-state index < -0.39 is 0 Å². The summed E-state index contributed by atoms with van der Waals surface area (Å²) in [4.78, 5) is 44.3. The molecule has 18 nitrogen and oxygen atoms in total. The third kappa shape index (κ3) is 23.1. The molecule has 18 heteroatoms. The second-order valence-electron chi connectivity index (χ2n) is 26.2. The molecule has 0 radical (unpaired) electrons. The smallest absolute Gasteiger partial charge is 0.138 e. The number of aromatic amines is 4. The van der Waals surface area contributed by atoms with E-state index in [0.717, 1.165) is 183 Å². The van der Waals surface area contributed by atoms with Gasteiger partial charge in [-0.2, -0.15) is 10.5 Å². The number of nitrogens with one attached hydrogen (secondary N) is 4. The molecule has 15 rings (SSSR count). The van der Waals surface area contributed by atoms with Crippen molar-refractivity contribution in [3.63, 3.8) is 0 Å². The number of nitrogens with two attached hydrogens (primary N) is 3. The van der Waals surface area contributed by atoms with Gasteiger partial charge in [0.15, 0.2) is 0 Å². The van der Waals surface area contributed by atoms with Crippen LogP contribution in [-0.2, 0) is 70.8 Å². The Balaban J connectivity index is 0.000000172. The molecule has 12 aromatic heterocycles. The number of nitrogen functional groups attached to an aromatic ring is 2. The molecule has 0 aliphatic rings. The molecule has 0 fully saturated rings. The van der Waals surface area contributed by atoms with Gasteiger partial charge in [0.1, 0.15) is 51.4 Å². The predicted octanol–water partition coefficient (Wildman–Crippen LogP) is 17.1. The highest BCUT2D eigenvalue weighted by Gasteiger charge is 2.12. The molecule has 0 bridgehead atoms. The van der Waals surface area contributed by atoms with Gasteiger partial charge in [-0.3, -0.25) is 0 Å². The number of rotatable bonds is 17. The van der Waals surface area contributed by atoms with Gasteiger partial charge in [0.2, 0.25) is 0 Å². The summed E-state index contributed by atoms with van der Waals surface area (Å²) in [5, 5.41) is 30.4. The highest BCUT2D eigenvalue weighted by Crippen LogP contribution is 2.23. The SMILES string of the molecule is C#Cc1ccc2cc[nH]c2n1.CC.CC.CO.Cc1cc(CCc2cc(C#N)cc(C#Cc3ccc4cc[nH]c4n3)c2)nc(-n2c(C)ccc2C)c1.Cc1cc(N)nc(CCc2cc(C#N)cc(CCc3ccc4cc[nH]c4n3)c2)c1.Cc1cc(N)nc(CCc2cc(CN)cc(CCc3ccc4cc[nH]c4n3)c2)c1. The molecule has 556 valence electrons. The van der Waals surface area contributed by atoms with E-state index in [9.17, 15) is 10.5 Å². The first-order chi connectivity index (χ1) is 53.5. The summed E-state index contributed by atoms with van der Waals surface area (Å²) in [6.07, 6.45) is 21.2. The number of nitriles is 2. The summed E-state index contributed by atoms with van der Waals surface area (Å²) >= 11 is 0. The Hall–Kier alpha value is -13.2. The first-order valence-corrected chi connectivity index (χ1v) is 37.2. The lowest BCUT2D eigenvalue weighted by Crippen LogP contribution is -2.05. The van der Waals surface area contributed by atoms with Gasteiger partial charge in [0.25, 0.3) is 0 Å². The van der Waals surface area contributed by atoms with Crippen molar-refractivity contribution in [2.45, 2.75) is 133 Å².